The third-order valence-electron chi connectivity index (χ3n) is 4.25. The molecule has 2 atom stereocenters. The predicted molar refractivity (Wildman–Crippen MR) is 96.1 cm³/mol. The Morgan fingerprint density at radius 3 is 2.68 bits per heavy atom. The molecule has 0 spiro atoms. The molecule has 124 valence electrons. The first kappa shape index (κ1) is 18.4. The number of hydrogen-bond donors (Lipinski definition) is 0. The molecule has 0 N–H and O–H groups in total. The normalized spacial score (nSPS) is 22.4. The van der Waals surface area contributed by atoms with Gasteiger partial charge in [0, 0.05) is 22.9 Å². The SMILES string of the molecule is CS[C@@H]1CC[C@H](N(C)CCS(=O)(=O)c2cc(Cl)ccc2Cl)C1. The van der Waals surface area contributed by atoms with Gasteiger partial charge in [-0.1, -0.05) is 23.2 Å². The summed E-state index contributed by atoms with van der Waals surface area (Å²) in [7, 11) is -1.42. The van der Waals surface area contributed by atoms with Gasteiger partial charge < -0.3 is 4.90 Å². The maximum absolute atomic E-state index is 12.5. The number of sulfone groups is 1. The van der Waals surface area contributed by atoms with Crippen LogP contribution in [-0.2, 0) is 9.84 Å². The highest BCUT2D eigenvalue weighted by atomic mass is 35.5. The summed E-state index contributed by atoms with van der Waals surface area (Å²) in [5.74, 6) is 0.0595. The molecule has 0 saturated heterocycles. The second-order valence-electron chi connectivity index (χ2n) is 5.70. The number of halogens is 2. The van der Waals surface area contributed by atoms with Crippen molar-refractivity contribution in [2.75, 3.05) is 25.6 Å². The van der Waals surface area contributed by atoms with Gasteiger partial charge >= 0.3 is 0 Å². The van der Waals surface area contributed by atoms with Gasteiger partial charge in [0.05, 0.1) is 15.7 Å². The standard InChI is InChI=1S/C15H21Cl2NO2S2/c1-18(12-4-5-13(10-12)21-2)7-8-22(19,20)15-9-11(16)3-6-14(15)17/h3,6,9,12-13H,4-5,7-8,10H2,1-2H3/t12-,13+/m0/s1. The van der Waals surface area contributed by atoms with Crippen molar-refractivity contribution in [2.45, 2.75) is 35.4 Å². The molecule has 1 aromatic rings. The molecule has 3 nitrogen and oxygen atoms in total. The van der Waals surface area contributed by atoms with E-state index in [2.05, 4.69) is 11.2 Å². The maximum atomic E-state index is 12.5. The predicted octanol–water partition coefficient (Wildman–Crippen LogP) is 3.98. The van der Waals surface area contributed by atoms with Gasteiger partial charge in [-0.2, -0.15) is 11.8 Å². The van der Waals surface area contributed by atoms with Crippen LogP contribution in [0.15, 0.2) is 23.1 Å². The van der Waals surface area contributed by atoms with Crippen molar-refractivity contribution >= 4 is 44.8 Å². The second kappa shape index (κ2) is 7.75. The van der Waals surface area contributed by atoms with E-state index in [1.807, 2.05) is 18.8 Å². The summed E-state index contributed by atoms with van der Waals surface area (Å²) in [5.41, 5.74) is 0. The van der Waals surface area contributed by atoms with Gasteiger partial charge in [0.1, 0.15) is 0 Å². The lowest BCUT2D eigenvalue weighted by molar-refractivity contribution is 0.259. The van der Waals surface area contributed by atoms with Crippen LogP contribution in [0.25, 0.3) is 0 Å². The smallest absolute Gasteiger partial charge is 0.181 e. The average Bonchev–Trinajstić information content (AvgIpc) is 2.96. The van der Waals surface area contributed by atoms with Gasteiger partial charge in [0.15, 0.2) is 9.84 Å². The molecule has 22 heavy (non-hydrogen) atoms. The highest BCUT2D eigenvalue weighted by molar-refractivity contribution is 7.99. The van der Waals surface area contributed by atoms with Crippen LogP contribution in [0, 0.1) is 0 Å². The maximum Gasteiger partial charge on any atom is 0.181 e. The van der Waals surface area contributed by atoms with Gasteiger partial charge in [0.2, 0.25) is 0 Å². The zero-order valence-electron chi connectivity index (χ0n) is 12.8. The molecule has 1 aromatic carbocycles. The Hall–Kier alpha value is 0.0600. The van der Waals surface area contributed by atoms with E-state index >= 15 is 0 Å². The molecule has 0 radical (unpaired) electrons. The van der Waals surface area contributed by atoms with Crippen molar-refractivity contribution in [3.8, 4) is 0 Å². The lowest BCUT2D eigenvalue weighted by Gasteiger charge is -2.24. The number of benzene rings is 1. The van der Waals surface area contributed by atoms with E-state index in [4.69, 9.17) is 23.2 Å². The van der Waals surface area contributed by atoms with Crippen LogP contribution >= 0.6 is 35.0 Å². The second-order valence-corrected chi connectivity index (χ2v) is 9.76. The van der Waals surface area contributed by atoms with Gasteiger partial charge in [-0.15, -0.1) is 0 Å². The van der Waals surface area contributed by atoms with Crippen molar-refractivity contribution < 1.29 is 8.42 Å². The molecule has 1 fully saturated rings. The molecule has 0 aromatic heterocycles. The fourth-order valence-corrected chi connectivity index (χ4v) is 5.72. The molecular formula is C15H21Cl2NO2S2. The summed E-state index contributed by atoms with van der Waals surface area (Å²) in [5, 5.41) is 1.32. The van der Waals surface area contributed by atoms with Gasteiger partial charge in [-0.3, -0.25) is 0 Å². The van der Waals surface area contributed by atoms with E-state index in [9.17, 15) is 8.42 Å². The van der Waals surface area contributed by atoms with Crippen molar-refractivity contribution in [1.29, 1.82) is 0 Å². The zero-order valence-corrected chi connectivity index (χ0v) is 15.9. The molecule has 0 bridgehead atoms. The molecule has 1 aliphatic rings. The number of rotatable bonds is 6. The van der Waals surface area contributed by atoms with Crippen LogP contribution in [0.2, 0.25) is 10.0 Å². The Bertz CT molecular complexity index is 622. The van der Waals surface area contributed by atoms with Crippen LogP contribution in [-0.4, -0.2) is 50.2 Å². The first-order chi connectivity index (χ1) is 10.3. The fourth-order valence-electron chi connectivity index (χ4n) is 2.80. The molecule has 1 aliphatic carbocycles. The Labute approximate surface area is 147 Å². The Balaban J connectivity index is 1.99. The molecule has 1 saturated carbocycles. The number of thioether (sulfide) groups is 1. The first-order valence-corrected chi connectivity index (χ1v) is 10.9. The Kier molecular flexibility index (Phi) is 6.48. The third kappa shape index (κ3) is 4.54. The molecule has 0 unspecified atom stereocenters. The molecule has 0 aliphatic heterocycles. The van der Waals surface area contributed by atoms with E-state index in [1.165, 1.54) is 18.6 Å². The molecule has 0 heterocycles. The van der Waals surface area contributed by atoms with Crippen molar-refractivity contribution in [3.63, 3.8) is 0 Å². The van der Waals surface area contributed by atoms with Crippen LogP contribution in [0.3, 0.4) is 0 Å². The van der Waals surface area contributed by atoms with Crippen molar-refractivity contribution in [1.82, 2.24) is 4.90 Å². The fraction of sp³-hybridized carbons (Fsp3) is 0.600. The highest BCUT2D eigenvalue weighted by Gasteiger charge is 2.28. The first-order valence-electron chi connectivity index (χ1n) is 7.24. The Morgan fingerprint density at radius 1 is 1.32 bits per heavy atom. The molecule has 7 heteroatoms. The number of hydrogen-bond acceptors (Lipinski definition) is 4. The van der Waals surface area contributed by atoms with Crippen LogP contribution in [0.1, 0.15) is 19.3 Å². The van der Waals surface area contributed by atoms with Crippen molar-refractivity contribution in [3.05, 3.63) is 28.2 Å². The van der Waals surface area contributed by atoms with Crippen LogP contribution < -0.4 is 0 Å². The van der Waals surface area contributed by atoms with E-state index in [0.29, 0.717) is 22.9 Å². The monoisotopic (exact) mass is 381 g/mol. The van der Waals surface area contributed by atoms with Crippen LogP contribution in [0.4, 0.5) is 0 Å². The average molecular weight is 382 g/mol. The summed E-state index contributed by atoms with van der Waals surface area (Å²) >= 11 is 13.8. The van der Waals surface area contributed by atoms with Crippen LogP contribution in [0.5, 0.6) is 0 Å². The van der Waals surface area contributed by atoms with E-state index in [0.717, 1.165) is 12.8 Å². The molecule has 2 rings (SSSR count). The zero-order chi connectivity index (χ0) is 16.3. The minimum Gasteiger partial charge on any atom is -0.302 e. The van der Waals surface area contributed by atoms with E-state index in [-0.39, 0.29) is 15.7 Å². The van der Waals surface area contributed by atoms with Gasteiger partial charge in [-0.25, -0.2) is 8.42 Å². The van der Waals surface area contributed by atoms with E-state index < -0.39 is 9.84 Å². The van der Waals surface area contributed by atoms with Gasteiger partial charge in [0.25, 0.3) is 0 Å². The van der Waals surface area contributed by atoms with Gasteiger partial charge in [-0.05, 0) is 50.8 Å². The highest BCUT2D eigenvalue weighted by Crippen LogP contribution is 2.31. The summed E-state index contributed by atoms with van der Waals surface area (Å²) in [6, 6.07) is 5.03. The topological polar surface area (TPSA) is 37.4 Å². The minimum absolute atomic E-state index is 0.0595. The molecular weight excluding hydrogens is 361 g/mol. The molecule has 0 amide bonds. The lowest BCUT2D eigenvalue weighted by Crippen LogP contribution is -2.34. The summed E-state index contributed by atoms with van der Waals surface area (Å²) in [4.78, 5) is 2.29. The van der Waals surface area contributed by atoms with Crippen molar-refractivity contribution in [2.24, 2.45) is 0 Å². The summed E-state index contributed by atoms with van der Waals surface area (Å²) in [6.45, 7) is 0.511. The number of nitrogens with zero attached hydrogens (tertiary/aromatic N) is 1. The third-order valence-corrected chi connectivity index (χ3v) is 7.75. The van der Waals surface area contributed by atoms with E-state index in [1.54, 1.807) is 6.07 Å². The summed E-state index contributed by atoms with van der Waals surface area (Å²) < 4.78 is 24.9. The Morgan fingerprint density at radius 2 is 2.05 bits per heavy atom. The summed E-state index contributed by atoms with van der Waals surface area (Å²) in [6.07, 6.45) is 5.62. The quantitative estimate of drug-likeness (QED) is 0.746. The largest absolute Gasteiger partial charge is 0.302 e. The minimum atomic E-state index is -3.42. The lowest BCUT2D eigenvalue weighted by atomic mass is 10.2.